The highest BCUT2D eigenvalue weighted by Gasteiger charge is 2.27. The molecular formula is C10H21N3O. The van der Waals surface area contributed by atoms with Gasteiger partial charge in [0, 0.05) is 5.54 Å². The predicted molar refractivity (Wildman–Crippen MR) is 57.2 cm³/mol. The van der Waals surface area contributed by atoms with Crippen molar-refractivity contribution in [3.05, 3.63) is 0 Å². The van der Waals surface area contributed by atoms with Crippen molar-refractivity contribution in [3.8, 4) is 0 Å². The third-order valence-corrected chi connectivity index (χ3v) is 2.61. The first-order valence-corrected chi connectivity index (χ1v) is 5.18. The molecule has 1 fully saturated rings. The molecule has 0 atom stereocenters. The van der Waals surface area contributed by atoms with Crippen LogP contribution in [-0.2, 0) is 4.79 Å². The number of hydrogen-bond acceptors (Lipinski definition) is 3. The molecule has 0 aromatic rings. The van der Waals surface area contributed by atoms with Crippen LogP contribution in [-0.4, -0.2) is 50.1 Å². The first-order valence-electron chi connectivity index (χ1n) is 5.18. The fraction of sp³-hybridized carbons (Fsp3) is 0.900. The fourth-order valence-electron chi connectivity index (χ4n) is 1.77. The second kappa shape index (κ2) is 4.75. The van der Waals surface area contributed by atoms with Crippen molar-refractivity contribution in [3.63, 3.8) is 0 Å². The van der Waals surface area contributed by atoms with E-state index in [-0.39, 0.29) is 11.4 Å². The summed E-state index contributed by atoms with van der Waals surface area (Å²) in [5, 5.41) is 6.40. The molecule has 4 heteroatoms. The lowest BCUT2D eigenvalue weighted by atomic mass is 9.90. The number of rotatable bonds is 3. The van der Waals surface area contributed by atoms with Crippen molar-refractivity contribution in [1.29, 1.82) is 0 Å². The summed E-state index contributed by atoms with van der Waals surface area (Å²) in [7, 11) is 3.81. The SMILES string of the molecule is CN(C)CC(=O)NC1(C)CCNCC1. The third-order valence-electron chi connectivity index (χ3n) is 2.61. The van der Waals surface area contributed by atoms with Gasteiger partial charge in [0.1, 0.15) is 0 Å². The predicted octanol–water partition coefficient (Wildman–Crippen LogP) is -0.194. The molecule has 0 aromatic heterocycles. The van der Waals surface area contributed by atoms with Gasteiger partial charge in [-0.3, -0.25) is 4.79 Å². The van der Waals surface area contributed by atoms with Crippen LogP contribution >= 0.6 is 0 Å². The van der Waals surface area contributed by atoms with E-state index in [2.05, 4.69) is 17.6 Å². The average molecular weight is 199 g/mol. The van der Waals surface area contributed by atoms with Crippen LogP contribution in [0.15, 0.2) is 0 Å². The van der Waals surface area contributed by atoms with Crippen molar-refractivity contribution in [2.45, 2.75) is 25.3 Å². The first kappa shape index (κ1) is 11.5. The Bertz CT molecular complexity index is 198. The number of likely N-dealkylation sites (N-methyl/N-ethyl adjacent to an activating group) is 1. The maximum Gasteiger partial charge on any atom is 0.234 e. The van der Waals surface area contributed by atoms with E-state index in [0.717, 1.165) is 25.9 Å². The second-order valence-corrected chi connectivity index (χ2v) is 4.60. The van der Waals surface area contributed by atoms with Crippen LogP contribution in [0.1, 0.15) is 19.8 Å². The molecule has 0 spiro atoms. The largest absolute Gasteiger partial charge is 0.350 e. The van der Waals surface area contributed by atoms with E-state index in [0.29, 0.717) is 6.54 Å². The first-order chi connectivity index (χ1) is 6.52. The minimum Gasteiger partial charge on any atom is -0.350 e. The van der Waals surface area contributed by atoms with Crippen molar-refractivity contribution < 1.29 is 4.79 Å². The zero-order chi connectivity index (χ0) is 10.6. The summed E-state index contributed by atoms with van der Waals surface area (Å²) in [4.78, 5) is 13.4. The van der Waals surface area contributed by atoms with Gasteiger partial charge >= 0.3 is 0 Å². The highest BCUT2D eigenvalue weighted by Crippen LogP contribution is 2.16. The summed E-state index contributed by atoms with van der Waals surface area (Å²) in [6.45, 7) is 4.60. The van der Waals surface area contributed by atoms with E-state index in [1.165, 1.54) is 0 Å². The maximum absolute atomic E-state index is 11.6. The Kier molecular flexibility index (Phi) is 3.89. The molecule has 0 radical (unpaired) electrons. The fourth-order valence-corrected chi connectivity index (χ4v) is 1.77. The highest BCUT2D eigenvalue weighted by molar-refractivity contribution is 5.78. The Hall–Kier alpha value is -0.610. The molecular weight excluding hydrogens is 178 g/mol. The van der Waals surface area contributed by atoms with E-state index in [4.69, 9.17) is 0 Å². The molecule has 1 rings (SSSR count). The number of carbonyl (C=O) groups is 1. The number of amides is 1. The van der Waals surface area contributed by atoms with Gasteiger partial charge in [-0.1, -0.05) is 0 Å². The highest BCUT2D eigenvalue weighted by atomic mass is 16.2. The van der Waals surface area contributed by atoms with Gasteiger partial charge in [-0.05, 0) is 47.0 Å². The molecule has 1 saturated heterocycles. The summed E-state index contributed by atoms with van der Waals surface area (Å²) in [6, 6.07) is 0. The standard InChI is InChI=1S/C10H21N3O/c1-10(4-6-11-7-5-10)12-9(14)8-13(2)3/h11H,4-8H2,1-3H3,(H,12,14). The molecule has 2 N–H and O–H groups in total. The minimum atomic E-state index is -0.00164. The van der Waals surface area contributed by atoms with Gasteiger partial charge in [-0.25, -0.2) is 0 Å². The van der Waals surface area contributed by atoms with Gasteiger partial charge < -0.3 is 15.5 Å². The number of carbonyl (C=O) groups excluding carboxylic acids is 1. The zero-order valence-corrected chi connectivity index (χ0v) is 9.39. The van der Waals surface area contributed by atoms with E-state index >= 15 is 0 Å². The lowest BCUT2D eigenvalue weighted by Gasteiger charge is -2.35. The molecule has 1 aliphatic rings. The lowest BCUT2D eigenvalue weighted by molar-refractivity contribution is -0.123. The molecule has 1 amide bonds. The van der Waals surface area contributed by atoms with Gasteiger partial charge in [0.05, 0.1) is 6.54 Å². The molecule has 0 unspecified atom stereocenters. The Balaban J connectivity index is 2.37. The van der Waals surface area contributed by atoms with Crippen molar-refractivity contribution in [1.82, 2.24) is 15.5 Å². The van der Waals surface area contributed by atoms with Crippen LogP contribution in [0, 0.1) is 0 Å². The Labute approximate surface area is 86.0 Å². The van der Waals surface area contributed by atoms with Crippen molar-refractivity contribution in [2.75, 3.05) is 33.7 Å². The van der Waals surface area contributed by atoms with Crippen molar-refractivity contribution >= 4 is 5.91 Å². The third kappa shape index (κ3) is 3.64. The van der Waals surface area contributed by atoms with E-state index in [1.807, 2.05) is 19.0 Å². The molecule has 82 valence electrons. The number of nitrogens with zero attached hydrogens (tertiary/aromatic N) is 1. The molecule has 0 saturated carbocycles. The summed E-state index contributed by atoms with van der Waals surface area (Å²) in [5.74, 6) is 0.124. The van der Waals surface area contributed by atoms with E-state index < -0.39 is 0 Å². The summed E-state index contributed by atoms with van der Waals surface area (Å²) < 4.78 is 0. The number of piperidine rings is 1. The average Bonchev–Trinajstić information content (AvgIpc) is 2.02. The topological polar surface area (TPSA) is 44.4 Å². The smallest absolute Gasteiger partial charge is 0.234 e. The molecule has 1 heterocycles. The van der Waals surface area contributed by atoms with Crippen LogP contribution in [0.3, 0.4) is 0 Å². The maximum atomic E-state index is 11.6. The number of nitrogens with one attached hydrogen (secondary N) is 2. The zero-order valence-electron chi connectivity index (χ0n) is 9.39. The normalized spacial score (nSPS) is 20.9. The van der Waals surface area contributed by atoms with E-state index in [1.54, 1.807) is 0 Å². The summed E-state index contributed by atoms with van der Waals surface area (Å²) >= 11 is 0. The van der Waals surface area contributed by atoms with E-state index in [9.17, 15) is 4.79 Å². The van der Waals surface area contributed by atoms with Crippen LogP contribution in [0.25, 0.3) is 0 Å². The van der Waals surface area contributed by atoms with Gasteiger partial charge in [0.2, 0.25) is 5.91 Å². The lowest BCUT2D eigenvalue weighted by Crippen LogP contribution is -2.53. The molecule has 14 heavy (non-hydrogen) atoms. The van der Waals surface area contributed by atoms with Gasteiger partial charge in [0.15, 0.2) is 0 Å². The van der Waals surface area contributed by atoms with Crippen LogP contribution < -0.4 is 10.6 Å². The quantitative estimate of drug-likeness (QED) is 0.662. The molecule has 0 aromatic carbocycles. The van der Waals surface area contributed by atoms with Gasteiger partial charge in [0.25, 0.3) is 0 Å². The summed E-state index contributed by atoms with van der Waals surface area (Å²) in [6.07, 6.45) is 2.04. The van der Waals surface area contributed by atoms with Gasteiger partial charge in [-0.2, -0.15) is 0 Å². The summed E-state index contributed by atoms with van der Waals surface area (Å²) in [5.41, 5.74) is -0.00164. The molecule has 1 aliphatic heterocycles. The second-order valence-electron chi connectivity index (χ2n) is 4.60. The Morgan fingerprint density at radius 2 is 2.00 bits per heavy atom. The Morgan fingerprint density at radius 3 is 2.50 bits per heavy atom. The van der Waals surface area contributed by atoms with Crippen molar-refractivity contribution in [2.24, 2.45) is 0 Å². The minimum absolute atomic E-state index is 0.00164. The molecule has 0 aliphatic carbocycles. The van der Waals surface area contributed by atoms with Gasteiger partial charge in [-0.15, -0.1) is 0 Å². The van der Waals surface area contributed by atoms with Crippen LogP contribution in [0.5, 0.6) is 0 Å². The van der Waals surface area contributed by atoms with Crippen LogP contribution in [0.4, 0.5) is 0 Å². The molecule has 4 nitrogen and oxygen atoms in total. The number of hydrogen-bond donors (Lipinski definition) is 2. The molecule has 0 bridgehead atoms. The van der Waals surface area contributed by atoms with Crippen LogP contribution in [0.2, 0.25) is 0 Å². The Morgan fingerprint density at radius 1 is 1.43 bits per heavy atom. The monoisotopic (exact) mass is 199 g/mol.